The van der Waals surface area contributed by atoms with Gasteiger partial charge in [-0.3, -0.25) is 0 Å². The maximum absolute atomic E-state index is 7.45. The van der Waals surface area contributed by atoms with Gasteiger partial charge in [0.15, 0.2) is 0 Å². The third kappa shape index (κ3) is 4.27. The third-order valence-corrected chi connectivity index (χ3v) is 1.36. The summed E-state index contributed by atoms with van der Waals surface area (Å²) in [5, 5.41) is 10.7. The minimum atomic E-state index is -0.989. The fourth-order valence-corrected chi connectivity index (χ4v) is 0.498. The Morgan fingerprint density at radius 2 is 2.33 bits per heavy atom. The zero-order valence-electron chi connectivity index (χ0n) is 3.38. The first-order chi connectivity index (χ1) is 2.91. The van der Waals surface area contributed by atoms with Gasteiger partial charge < -0.3 is 4.12 Å². The standard InChI is InChI=1S/H6O4Si2/c1-2-3-6-4-5/h1H,6H2,5H3. The lowest BCUT2D eigenvalue weighted by Crippen LogP contribution is -1.99. The van der Waals surface area contributed by atoms with Crippen molar-refractivity contribution in [1.82, 2.24) is 0 Å². The van der Waals surface area contributed by atoms with Gasteiger partial charge in [-0.15, -0.1) is 0 Å². The van der Waals surface area contributed by atoms with Crippen LogP contribution in [0.3, 0.4) is 0 Å². The summed E-state index contributed by atoms with van der Waals surface area (Å²) < 4.78 is 8.54. The van der Waals surface area contributed by atoms with Crippen LogP contribution < -0.4 is 0 Å². The largest absolute Gasteiger partial charge is 0.447 e. The van der Waals surface area contributed by atoms with Gasteiger partial charge in [0.25, 0.3) is 0 Å². The average molecular weight is 126 g/mol. The van der Waals surface area contributed by atoms with Gasteiger partial charge >= 0.3 is 10.0 Å². The molecule has 0 aromatic carbocycles. The first kappa shape index (κ1) is 6.27. The molecule has 0 heterocycles. The molecule has 0 aliphatic heterocycles. The van der Waals surface area contributed by atoms with Crippen LogP contribution in [0.1, 0.15) is 0 Å². The van der Waals surface area contributed by atoms with Crippen molar-refractivity contribution in [2.24, 2.45) is 0 Å². The van der Waals surface area contributed by atoms with E-state index in [1.165, 1.54) is 0 Å². The van der Waals surface area contributed by atoms with Gasteiger partial charge in [-0.25, -0.2) is 9.83 Å². The fourth-order valence-electron chi connectivity index (χ4n) is 0.0696. The van der Waals surface area contributed by atoms with Gasteiger partial charge in [-0.2, -0.15) is 0 Å². The van der Waals surface area contributed by atoms with E-state index in [1.54, 1.807) is 0 Å². The van der Waals surface area contributed by atoms with E-state index in [-0.39, 0.29) is 0 Å². The van der Waals surface area contributed by atoms with Crippen molar-refractivity contribution in [2.45, 2.75) is 0 Å². The number of rotatable bonds is 3. The van der Waals surface area contributed by atoms with E-state index in [1.807, 2.05) is 0 Å². The van der Waals surface area contributed by atoms with Crippen molar-refractivity contribution < 1.29 is 19.0 Å². The molecule has 6 heavy (non-hydrogen) atoms. The Morgan fingerprint density at radius 1 is 1.67 bits per heavy atom. The highest BCUT2D eigenvalue weighted by molar-refractivity contribution is 6.27. The summed E-state index contributed by atoms with van der Waals surface area (Å²) in [6.07, 6.45) is 0. The van der Waals surface area contributed by atoms with Crippen LogP contribution >= 0.6 is 0 Å². The van der Waals surface area contributed by atoms with Crippen LogP contribution in [0.5, 0.6) is 0 Å². The molecule has 0 unspecified atom stereocenters. The third-order valence-electron chi connectivity index (χ3n) is 0.219. The molecule has 0 aliphatic rings. The smallest absolute Gasteiger partial charge is 0.338 e. The average Bonchev–Trinajstić information content (AvgIpc) is 1.61. The van der Waals surface area contributed by atoms with Crippen LogP contribution in [-0.2, 0) is 13.7 Å². The second kappa shape index (κ2) is 5.27. The molecule has 0 bridgehead atoms. The van der Waals surface area contributed by atoms with E-state index < -0.39 is 10.0 Å². The lowest BCUT2D eigenvalue weighted by atomic mass is 14.6. The van der Waals surface area contributed by atoms with Crippen LogP contribution in [0.15, 0.2) is 0 Å². The zero-order valence-corrected chi connectivity index (χ0v) is 6.79. The van der Waals surface area contributed by atoms with Gasteiger partial charge in [0.1, 0.15) is 10.5 Å². The molecular formula is H6O4Si2. The Labute approximate surface area is 40.5 Å². The van der Waals surface area contributed by atoms with Crippen LogP contribution in [-0.4, -0.2) is 25.7 Å². The number of hydrogen-bond acceptors (Lipinski definition) is 4. The van der Waals surface area contributed by atoms with Crippen LogP contribution in [0.25, 0.3) is 0 Å². The molecule has 6 heteroatoms. The molecule has 38 valence electrons. The lowest BCUT2D eigenvalue weighted by molar-refractivity contribution is -0.445. The Hall–Kier alpha value is 0.274. The van der Waals surface area contributed by atoms with E-state index in [2.05, 4.69) is 13.7 Å². The topological polar surface area (TPSA) is 47.9 Å². The first-order valence-electron chi connectivity index (χ1n) is 1.33. The monoisotopic (exact) mass is 126 g/mol. The SMILES string of the molecule is OOO[SiH2]O[SiH3]. The summed E-state index contributed by atoms with van der Waals surface area (Å²) in [4.78, 5) is 0. The highest BCUT2D eigenvalue weighted by Gasteiger charge is 1.77. The lowest BCUT2D eigenvalue weighted by Gasteiger charge is -1.89. The highest BCUT2D eigenvalue weighted by atomic mass is 28.3. The predicted octanol–water partition coefficient (Wildman–Crippen LogP) is -2.30. The molecular weight excluding hydrogens is 120 g/mol. The molecule has 0 aliphatic carbocycles. The molecule has 0 spiro atoms. The predicted molar refractivity (Wildman–Crippen MR) is 24.4 cm³/mol. The Bertz CT molecular complexity index is 17.5. The fraction of sp³-hybridized carbons (Fsp3) is 0. The summed E-state index contributed by atoms with van der Waals surface area (Å²) in [5.74, 6) is 0. The van der Waals surface area contributed by atoms with Crippen molar-refractivity contribution >= 4 is 20.5 Å². The van der Waals surface area contributed by atoms with Gasteiger partial charge in [-0.05, 0) is 0 Å². The van der Waals surface area contributed by atoms with Crippen molar-refractivity contribution in [1.29, 1.82) is 0 Å². The molecule has 0 aromatic heterocycles. The van der Waals surface area contributed by atoms with Gasteiger partial charge in [0.05, 0.1) is 0 Å². The van der Waals surface area contributed by atoms with Crippen molar-refractivity contribution in [3.05, 3.63) is 0 Å². The zero-order chi connectivity index (χ0) is 4.83. The normalized spacial score (nSPS) is 11.5. The van der Waals surface area contributed by atoms with Gasteiger partial charge in [0, 0.05) is 0 Å². The molecule has 0 rings (SSSR count). The minimum absolute atomic E-state index is 0.649. The molecule has 0 fully saturated rings. The van der Waals surface area contributed by atoms with Crippen LogP contribution in [0.4, 0.5) is 0 Å². The van der Waals surface area contributed by atoms with Crippen molar-refractivity contribution in [3.8, 4) is 0 Å². The van der Waals surface area contributed by atoms with Gasteiger partial charge in [-0.1, -0.05) is 5.04 Å². The summed E-state index contributed by atoms with van der Waals surface area (Å²) in [7, 11) is -0.340. The van der Waals surface area contributed by atoms with Crippen molar-refractivity contribution in [3.63, 3.8) is 0 Å². The quantitative estimate of drug-likeness (QED) is 0.200. The summed E-state index contributed by atoms with van der Waals surface area (Å²) in [5.41, 5.74) is 0. The van der Waals surface area contributed by atoms with E-state index in [0.29, 0.717) is 10.5 Å². The van der Waals surface area contributed by atoms with E-state index in [9.17, 15) is 0 Å². The molecule has 0 aromatic rings. The second-order valence-corrected chi connectivity index (χ2v) is 3.38. The minimum Gasteiger partial charge on any atom is -0.447 e. The maximum atomic E-state index is 7.45. The maximum Gasteiger partial charge on any atom is 0.338 e. The molecule has 0 atom stereocenters. The van der Waals surface area contributed by atoms with E-state index >= 15 is 0 Å². The highest BCUT2D eigenvalue weighted by Crippen LogP contribution is 1.63. The molecule has 0 radical (unpaired) electrons. The Kier molecular flexibility index (Phi) is 5.51. The summed E-state index contributed by atoms with van der Waals surface area (Å²) >= 11 is 0. The van der Waals surface area contributed by atoms with E-state index in [0.717, 1.165) is 0 Å². The van der Waals surface area contributed by atoms with Crippen molar-refractivity contribution in [2.75, 3.05) is 0 Å². The molecule has 4 nitrogen and oxygen atoms in total. The first-order valence-corrected chi connectivity index (χ1v) is 3.31. The van der Waals surface area contributed by atoms with Crippen LogP contribution in [0, 0.1) is 0 Å². The Morgan fingerprint density at radius 3 is 2.50 bits per heavy atom. The summed E-state index contributed by atoms with van der Waals surface area (Å²) in [6.45, 7) is 0. The molecule has 0 amide bonds. The number of hydrogen-bond donors (Lipinski definition) is 1. The molecule has 0 saturated carbocycles. The van der Waals surface area contributed by atoms with Crippen LogP contribution in [0.2, 0.25) is 0 Å². The van der Waals surface area contributed by atoms with Gasteiger partial charge in [0.2, 0.25) is 0 Å². The second-order valence-electron chi connectivity index (χ2n) is 0.599. The Balaban J connectivity index is 2.34. The molecule has 0 saturated heterocycles. The van der Waals surface area contributed by atoms with E-state index in [4.69, 9.17) is 5.26 Å². The summed E-state index contributed by atoms with van der Waals surface area (Å²) in [6, 6.07) is 0. The molecule has 1 N–H and O–H groups in total.